The lowest BCUT2D eigenvalue weighted by atomic mass is 10.2. The first-order valence-electron chi connectivity index (χ1n) is 5.02. The van der Waals surface area contributed by atoms with E-state index in [0.717, 1.165) is 16.8 Å². The van der Waals surface area contributed by atoms with Crippen LogP contribution < -0.4 is 5.73 Å². The van der Waals surface area contributed by atoms with Crippen LogP contribution in [-0.4, -0.2) is 23.2 Å². The molecule has 86 valence electrons. The fourth-order valence-electron chi connectivity index (χ4n) is 1.49. The minimum absolute atomic E-state index is 0.571. The predicted molar refractivity (Wildman–Crippen MR) is 71.1 cm³/mol. The van der Waals surface area contributed by atoms with Gasteiger partial charge in [-0.2, -0.15) is 0 Å². The second kappa shape index (κ2) is 4.93. The molecule has 0 radical (unpaired) electrons. The maximum Gasteiger partial charge on any atom is 0.108 e. The summed E-state index contributed by atoms with van der Waals surface area (Å²) >= 11 is 6.07. The van der Waals surface area contributed by atoms with Gasteiger partial charge in [0.15, 0.2) is 0 Å². The van der Waals surface area contributed by atoms with Crippen molar-refractivity contribution in [3.05, 3.63) is 41.3 Å². The molecule has 0 fully saturated rings. The number of hydrogen-bond donors (Lipinski definition) is 1. The normalized spacial score (nSPS) is 12.5. The summed E-state index contributed by atoms with van der Waals surface area (Å²) in [5.74, 6) is 0. The molecule has 2 heterocycles. The van der Waals surface area contributed by atoms with Crippen LogP contribution in [0.25, 0.3) is 16.6 Å². The third-order valence-electron chi connectivity index (χ3n) is 2.28. The van der Waals surface area contributed by atoms with Crippen LogP contribution in [-0.2, 0) is 0 Å². The van der Waals surface area contributed by atoms with E-state index in [0.29, 0.717) is 10.5 Å². The highest BCUT2D eigenvalue weighted by molar-refractivity contribution is 6.34. The zero-order valence-corrected chi connectivity index (χ0v) is 10.0. The number of rotatable bonds is 2. The zero-order chi connectivity index (χ0) is 12.3. The summed E-state index contributed by atoms with van der Waals surface area (Å²) in [7, 11) is 1.68. The molecule has 2 aromatic heterocycles. The van der Waals surface area contributed by atoms with Crippen molar-refractivity contribution in [2.75, 3.05) is 7.05 Å². The Morgan fingerprint density at radius 1 is 1.41 bits per heavy atom. The molecule has 0 aliphatic heterocycles. The monoisotopic (exact) mass is 246 g/mol. The number of pyridine rings is 2. The van der Waals surface area contributed by atoms with E-state index < -0.39 is 0 Å². The van der Waals surface area contributed by atoms with Crippen LogP contribution in [0.3, 0.4) is 0 Å². The number of nitrogens with zero attached hydrogens (tertiary/aromatic N) is 3. The minimum Gasteiger partial charge on any atom is -0.404 e. The van der Waals surface area contributed by atoms with E-state index in [4.69, 9.17) is 17.3 Å². The Bertz CT molecular complexity index is 604. The molecule has 0 aliphatic rings. The fourth-order valence-corrected chi connectivity index (χ4v) is 1.68. The molecule has 0 atom stereocenters. The summed E-state index contributed by atoms with van der Waals surface area (Å²) in [5, 5.41) is 0.571. The predicted octanol–water partition coefficient (Wildman–Crippen LogP) is 2.28. The van der Waals surface area contributed by atoms with Crippen molar-refractivity contribution in [2.45, 2.75) is 0 Å². The Labute approximate surface area is 104 Å². The molecule has 0 saturated carbocycles. The molecule has 2 aromatic rings. The van der Waals surface area contributed by atoms with Gasteiger partial charge in [-0.15, -0.1) is 0 Å². The molecule has 5 heteroatoms. The maximum absolute atomic E-state index is 6.07. The molecule has 0 spiro atoms. The number of fused-ring (bicyclic) bond motifs is 1. The Balaban J connectivity index is 2.62. The number of allylic oxidation sites excluding steroid dienone is 1. The number of aliphatic imine (C=N–C) groups is 1. The lowest BCUT2D eigenvalue weighted by molar-refractivity contribution is 1.30. The zero-order valence-electron chi connectivity index (χ0n) is 9.26. The molecule has 2 rings (SSSR count). The van der Waals surface area contributed by atoms with Crippen LogP contribution in [0.1, 0.15) is 5.69 Å². The van der Waals surface area contributed by atoms with Crippen LogP contribution in [0, 0.1) is 0 Å². The first kappa shape index (κ1) is 11.5. The third kappa shape index (κ3) is 2.26. The van der Waals surface area contributed by atoms with Gasteiger partial charge in [0.05, 0.1) is 16.2 Å². The molecule has 0 unspecified atom stereocenters. The van der Waals surface area contributed by atoms with Crippen molar-refractivity contribution in [1.29, 1.82) is 0 Å². The quantitative estimate of drug-likeness (QED) is 0.827. The number of aromatic nitrogens is 2. The number of nitrogens with two attached hydrogens (primary N) is 1. The fraction of sp³-hybridized carbons (Fsp3) is 0.0833. The van der Waals surface area contributed by atoms with E-state index in [2.05, 4.69) is 15.0 Å². The molecule has 0 saturated heterocycles. The first-order valence-corrected chi connectivity index (χ1v) is 5.39. The molecule has 17 heavy (non-hydrogen) atoms. The molecule has 0 bridgehead atoms. The Kier molecular flexibility index (Phi) is 3.35. The van der Waals surface area contributed by atoms with Gasteiger partial charge in [-0.3, -0.25) is 9.98 Å². The van der Waals surface area contributed by atoms with Gasteiger partial charge in [-0.25, -0.2) is 4.98 Å². The van der Waals surface area contributed by atoms with Gasteiger partial charge in [0, 0.05) is 31.2 Å². The molecule has 0 aliphatic carbocycles. The van der Waals surface area contributed by atoms with E-state index >= 15 is 0 Å². The largest absolute Gasteiger partial charge is 0.404 e. The summed E-state index contributed by atoms with van der Waals surface area (Å²) in [5.41, 5.74) is 8.42. The smallest absolute Gasteiger partial charge is 0.108 e. The van der Waals surface area contributed by atoms with Crippen molar-refractivity contribution in [3.8, 4) is 0 Å². The van der Waals surface area contributed by atoms with Gasteiger partial charge in [0.2, 0.25) is 0 Å². The standard InChI is InChI=1S/C12H11ClN4/c1-15-7-8(6-14)10-2-3-11-12(17-10)9(13)4-5-16-11/h2-7H,14H2,1H3/b8-6+,15-7?. The van der Waals surface area contributed by atoms with Crippen LogP contribution in [0.2, 0.25) is 5.02 Å². The Morgan fingerprint density at radius 2 is 2.24 bits per heavy atom. The average molecular weight is 247 g/mol. The molecule has 4 nitrogen and oxygen atoms in total. The second-order valence-corrected chi connectivity index (χ2v) is 3.77. The molecule has 0 aromatic carbocycles. The summed E-state index contributed by atoms with van der Waals surface area (Å²) in [4.78, 5) is 12.5. The Morgan fingerprint density at radius 3 is 2.94 bits per heavy atom. The highest BCUT2D eigenvalue weighted by Crippen LogP contribution is 2.21. The van der Waals surface area contributed by atoms with Crippen LogP contribution in [0.4, 0.5) is 0 Å². The molecular weight excluding hydrogens is 236 g/mol. The van der Waals surface area contributed by atoms with Gasteiger partial charge in [-0.05, 0) is 18.2 Å². The van der Waals surface area contributed by atoms with Crippen molar-refractivity contribution in [1.82, 2.24) is 9.97 Å². The highest BCUT2D eigenvalue weighted by Gasteiger charge is 2.05. The number of halogens is 1. The highest BCUT2D eigenvalue weighted by atomic mass is 35.5. The Hall–Kier alpha value is -1.94. The summed E-state index contributed by atoms with van der Waals surface area (Å²) in [6, 6.07) is 5.41. The summed E-state index contributed by atoms with van der Waals surface area (Å²) < 4.78 is 0. The van der Waals surface area contributed by atoms with E-state index in [1.54, 1.807) is 25.5 Å². The van der Waals surface area contributed by atoms with Crippen molar-refractivity contribution in [3.63, 3.8) is 0 Å². The lowest BCUT2D eigenvalue weighted by Gasteiger charge is -2.03. The molecule has 2 N–H and O–H groups in total. The molecule has 0 amide bonds. The van der Waals surface area contributed by atoms with Crippen LogP contribution >= 0.6 is 11.6 Å². The van der Waals surface area contributed by atoms with Crippen LogP contribution in [0.15, 0.2) is 35.6 Å². The van der Waals surface area contributed by atoms with Gasteiger partial charge >= 0.3 is 0 Å². The first-order chi connectivity index (χ1) is 8.26. The average Bonchev–Trinajstić information content (AvgIpc) is 2.36. The van der Waals surface area contributed by atoms with Gasteiger partial charge in [-0.1, -0.05) is 11.6 Å². The van der Waals surface area contributed by atoms with Crippen molar-refractivity contribution in [2.24, 2.45) is 10.7 Å². The van der Waals surface area contributed by atoms with E-state index in [1.165, 1.54) is 6.20 Å². The summed E-state index contributed by atoms with van der Waals surface area (Å²) in [6.07, 6.45) is 4.77. The van der Waals surface area contributed by atoms with Gasteiger partial charge in [0.1, 0.15) is 5.52 Å². The maximum atomic E-state index is 6.07. The van der Waals surface area contributed by atoms with Crippen LogP contribution in [0.5, 0.6) is 0 Å². The topological polar surface area (TPSA) is 64.2 Å². The number of hydrogen-bond acceptors (Lipinski definition) is 4. The third-order valence-corrected chi connectivity index (χ3v) is 2.58. The van der Waals surface area contributed by atoms with E-state index in [1.807, 2.05) is 12.1 Å². The molecular formula is C12H11ClN4. The van der Waals surface area contributed by atoms with Gasteiger partial charge < -0.3 is 5.73 Å². The summed E-state index contributed by atoms with van der Waals surface area (Å²) in [6.45, 7) is 0. The SMILES string of the molecule is CN=C/C(=C\N)c1ccc2nccc(Cl)c2n1. The van der Waals surface area contributed by atoms with Gasteiger partial charge in [0.25, 0.3) is 0 Å². The van der Waals surface area contributed by atoms with Crippen molar-refractivity contribution < 1.29 is 0 Å². The minimum atomic E-state index is 0.571. The van der Waals surface area contributed by atoms with Crippen molar-refractivity contribution >= 4 is 34.4 Å². The van der Waals surface area contributed by atoms with E-state index in [9.17, 15) is 0 Å². The lowest BCUT2D eigenvalue weighted by Crippen LogP contribution is -1.96. The van der Waals surface area contributed by atoms with E-state index in [-0.39, 0.29) is 0 Å². The second-order valence-electron chi connectivity index (χ2n) is 3.37.